The smallest absolute Gasteiger partial charge is 0.331 e. The molecule has 0 amide bonds. The first-order valence-corrected chi connectivity index (χ1v) is 5.01. The molecule has 1 aromatic rings. The molecule has 1 aliphatic rings. The second-order valence-electron chi connectivity index (χ2n) is 3.71. The molecule has 0 radical (unpaired) electrons. The third-order valence-corrected chi connectivity index (χ3v) is 2.72. The summed E-state index contributed by atoms with van der Waals surface area (Å²) in [6.07, 6.45) is 0. The van der Waals surface area contributed by atoms with Crippen LogP contribution in [0, 0.1) is 0 Å². The SMILES string of the molecule is O=C(O)C1(c2ccccc2O)COCCN1. The van der Waals surface area contributed by atoms with Crippen molar-refractivity contribution in [1.82, 2.24) is 5.32 Å². The van der Waals surface area contributed by atoms with Crippen LogP contribution in [0.1, 0.15) is 5.56 Å². The zero-order chi connectivity index (χ0) is 11.6. The van der Waals surface area contributed by atoms with Gasteiger partial charge in [0, 0.05) is 12.1 Å². The van der Waals surface area contributed by atoms with E-state index in [2.05, 4.69) is 5.32 Å². The van der Waals surface area contributed by atoms with E-state index < -0.39 is 11.5 Å². The van der Waals surface area contributed by atoms with Gasteiger partial charge in [0.1, 0.15) is 5.75 Å². The summed E-state index contributed by atoms with van der Waals surface area (Å²) in [7, 11) is 0. The first kappa shape index (κ1) is 10.9. The molecule has 1 unspecified atom stereocenters. The molecule has 0 saturated carbocycles. The maximum atomic E-state index is 11.4. The molecule has 0 aromatic heterocycles. The highest BCUT2D eigenvalue weighted by Gasteiger charge is 2.44. The van der Waals surface area contributed by atoms with E-state index >= 15 is 0 Å². The predicted octanol–water partition coefficient (Wildman–Crippen LogP) is 0.292. The van der Waals surface area contributed by atoms with E-state index in [4.69, 9.17) is 4.74 Å². The standard InChI is InChI=1S/C11H13NO4/c13-9-4-2-1-3-8(9)11(10(14)15)7-16-6-5-12-11/h1-4,12-13H,5-7H2,(H,14,15). The summed E-state index contributed by atoms with van der Waals surface area (Å²) in [5.41, 5.74) is -1.01. The second-order valence-corrected chi connectivity index (χ2v) is 3.71. The number of aliphatic carboxylic acids is 1. The molecule has 3 N–H and O–H groups in total. The summed E-state index contributed by atoms with van der Waals surface area (Å²) in [6.45, 7) is 0.934. The van der Waals surface area contributed by atoms with Crippen LogP contribution in [0.25, 0.3) is 0 Å². The highest BCUT2D eigenvalue weighted by molar-refractivity contribution is 5.82. The number of nitrogens with one attached hydrogen (secondary N) is 1. The second kappa shape index (κ2) is 4.11. The number of ether oxygens (including phenoxy) is 1. The van der Waals surface area contributed by atoms with Crippen molar-refractivity contribution in [2.24, 2.45) is 0 Å². The van der Waals surface area contributed by atoms with Crippen molar-refractivity contribution in [3.05, 3.63) is 29.8 Å². The van der Waals surface area contributed by atoms with E-state index in [0.717, 1.165) is 0 Å². The third-order valence-electron chi connectivity index (χ3n) is 2.72. The van der Waals surface area contributed by atoms with E-state index in [0.29, 0.717) is 18.7 Å². The van der Waals surface area contributed by atoms with Gasteiger partial charge in [0.15, 0.2) is 5.54 Å². The number of hydrogen-bond acceptors (Lipinski definition) is 4. The molecule has 86 valence electrons. The zero-order valence-corrected chi connectivity index (χ0v) is 8.64. The Bertz CT molecular complexity index is 399. The first-order valence-electron chi connectivity index (χ1n) is 5.01. The van der Waals surface area contributed by atoms with Gasteiger partial charge in [-0.2, -0.15) is 0 Å². The molecule has 1 heterocycles. The van der Waals surface area contributed by atoms with Gasteiger partial charge >= 0.3 is 5.97 Å². The van der Waals surface area contributed by atoms with Crippen molar-refractivity contribution >= 4 is 5.97 Å². The number of carboxylic acids is 1. The molecule has 1 atom stereocenters. The van der Waals surface area contributed by atoms with Gasteiger partial charge in [-0.25, -0.2) is 4.79 Å². The topological polar surface area (TPSA) is 78.8 Å². The normalized spacial score (nSPS) is 25.2. The van der Waals surface area contributed by atoms with Crippen LogP contribution in [0.15, 0.2) is 24.3 Å². The summed E-state index contributed by atoms with van der Waals surface area (Å²) >= 11 is 0. The monoisotopic (exact) mass is 223 g/mol. The van der Waals surface area contributed by atoms with Crippen molar-refractivity contribution in [2.45, 2.75) is 5.54 Å². The number of carbonyl (C=O) groups is 1. The van der Waals surface area contributed by atoms with Crippen molar-refractivity contribution < 1.29 is 19.7 Å². The van der Waals surface area contributed by atoms with E-state index in [1.165, 1.54) is 6.07 Å². The average Bonchev–Trinajstić information content (AvgIpc) is 2.30. The number of para-hydroxylation sites is 1. The summed E-state index contributed by atoms with van der Waals surface area (Å²) < 4.78 is 5.20. The predicted molar refractivity (Wildman–Crippen MR) is 56.2 cm³/mol. The molecule has 0 aliphatic carbocycles. The number of carboxylic acid groups (broad SMARTS) is 1. The van der Waals surface area contributed by atoms with Gasteiger partial charge in [0.25, 0.3) is 0 Å². The summed E-state index contributed by atoms with van der Waals surface area (Å²) in [6, 6.07) is 6.40. The van der Waals surface area contributed by atoms with Crippen LogP contribution in [0.4, 0.5) is 0 Å². The number of morpholine rings is 1. The molecule has 1 fully saturated rings. The molecule has 16 heavy (non-hydrogen) atoms. The minimum Gasteiger partial charge on any atom is -0.508 e. The maximum absolute atomic E-state index is 11.4. The molecule has 1 saturated heterocycles. The van der Waals surface area contributed by atoms with Crippen molar-refractivity contribution in [3.8, 4) is 5.75 Å². The molecule has 1 aromatic carbocycles. The van der Waals surface area contributed by atoms with Crippen LogP contribution in [0.5, 0.6) is 5.75 Å². The van der Waals surface area contributed by atoms with Crippen molar-refractivity contribution in [3.63, 3.8) is 0 Å². The lowest BCUT2D eigenvalue weighted by Gasteiger charge is -2.34. The lowest BCUT2D eigenvalue weighted by Crippen LogP contribution is -2.56. The Morgan fingerprint density at radius 1 is 1.44 bits per heavy atom. The Hall–Kier alpha value is -1.59. The van der Waals surface area contributed by atoms with E-state index in [1.807, 2.05) is 0 Å². The number of aromatic hydroxyl groups is 1. The van der Waals surface area contributed by atoms with Crippen LogP contribution in [-0.4, -0.2) is 35.9 Å². The average molecular weight is 223 g/mol. The van der Waals surface area contributed by atoms with E-state index in [-0.39, 0.29) is 12.4 Å². The van der Waals surface area contributed by atoms with Gasteiger partial charge in [-0.15, -0.1) is 0 Å². The van der Waals surface area contributed by atoms with Crippen LogP contribution in [-0.2, 0) is 15.1 Å². The molecule has 5 heteroatoms. The van der Waals surface area contributed by atoms with Crippen molar-refractivity contribution in [2.75, 3.05) is 19.8 Å². The highest BCUT2D eigenvalue weighted by Crippen LogP contribution is 2.31. The molecular weight excluding hydrogens is 210 g/mol. The van der Waals surface area contributed by atoms with Gasteiger partial charge in [-0.3, -0.25) is 5.32 Å². The fourth-order valence-corrected chi connectivity index (χ4v) is 1.87. The molecule has 1 aliphatic heterocycles. The van der Waals surface area contributed by atoms with Gasteiger partial charge in [0.05, 0.1) is 13.2 Å². The minimum atomic E-state index is -1.34. The Kier molecular flexibility index (Phi) is 2.80. The lowest BCUT2D eigenvalue weighted by molar-refractivity contribution is -0.151. The molecule has 2 rings (SSSR count). The van der Waals surface area contributed by atoms with E-state index in [1.54, 1.807) is 18.2 Å². The van der Waals surface area contributed by atoms with Gasteiger partial charge in [0.2, 0.25) is 0 Å². The molecule has 0 spiro atoms. The molecule has 5 nitrogen and oxygen atoms in total. The number of phenolic OH excluding ortho intramolecular Hbond substituents is 1. The Balaban J connectivity index is 2.47. The zero-order valence-electron chi connectivity index (χ0n) is 8.64. The third kappa shape index (κ3) is 1.64. The van der Waals surface area contributed by atoms with Gasteiger partial charge in [-0.05, 0) is 6.07 Å². The fraction of sp³-hybridized carbons (Fsp3) is 0.364. The Morgan fingerprint density at radius 3 is 2.75 bits per heavy atom. The number of rotatable bonds is 2. The molecule has 0 bridgehead atoms. The van der Waals surface area contributed by atoms with Crippen LogP contribution >= 0.6 is 0 Å². The van der Waals surface area contributed by atoms with E-state index in [9.17, 15) is 15.0 Å². The quantitative estimate of drug-likeness (QED) is 0.671. The van der Waals surface area contributed by atoms with Gasteiger partial charge < -0.3 is 14.9 Å². The Labute approximate surface area is 92.7 Å². The first-order chi connectivity index (χ1) is 7.67. The number of phenols is 1. The van der Waals surface area contributed by atoms with Crippen LogP contribution in [0.2, 0.25) is 0 Å². The van der Waals surface area contributed by atoms with Crippen LogP contribution < -0.4 is 5.32 Å². The molecular formula is C11H13NO4. The Morgan fingerprint density at radius 2 is 2.19 bits per heavy atom. The van der Waals surface area contributed by atoms with Gasteiger partial charge in [-0.1, -0.05) is 18.2 Å². The van der Waals surface area contributed by atoms with Crippen molar-refractivity contribution in [1.29, 1.82) is 0 Å². The lowest BCUT2D eigenvalue weighted by atomic mass is 9.89. The largest absolute Gasteiger partial charge is 0.508 e. The summed E-state index contributed by atoms with van der Waals surface area (Å²) in [4.78, 5) is 11.4. The fourth-order valence-electron chi connectivity index (χ4n) is 1.87. The maximum Gasteiger partial charge on any atom is 0.331 e. The number of hydrogen-bond donors (Lipinski definition) is 3. The highest BCUT2D eigenvalue weighted by atomic mass is 16.5. The minimum absolute atomic E-state index is 0.0138. The summed E-state index contributed by atoms with van der Waals surface area (Å²) in [5, 5.41) is 21.9. The summed E-state index contributed by atoms with van der Waals surface area (Å²) in [5.74, 6) is -1.09. The number of benzene rings is 1. The van der Waals surface area contributed by atoms with Crippen LogP contribution in [0.3, 0.4) is 0 Å².